The third-order valence-corrected chi connectivity index (χ3v) is 2.60. The van der Waals surface area contributed by atoms with Crippen molar-refractivity contribution in [2.45, 2.75) is 26.3 Å². The van der Waals surface area contributed by atoms with Gasteiger partial charge in [-0.25, -0.2) is 0 Å². The third-order valence-electron chi connectivity index (χ3n) is 2.60. The molecular formula is C13H20N2O2. The van der Waals surface area contributed by atoms with E-state index in [0.717, 1.165) is 17.7 Å². The number of hydrogen-bond acceptors (Lipinski definition) is 3. The van der Waals surface area contributed by atoms with E-state index in [-0.39, 0.29) is 5.91 Å². The smallest absolute Gasteiger partial charge is 0.221 e. The maximum Gasteiger partial charge on any atom is 0.221 e. The molecule has 0 aliphatic rings. The van der Waals surface area contributed by atoms with Crippen LogP contribution < -0.4 is 15.8 Å². The van der Waals surface area contributed by atoms with Crippen molar-refractivity contribution in [3.63, 3.8) is 0 Å². The van der Waals surface area contributed by atoms with Crippen molar-refractivity contribution in [1.82, 2.24) is 5.32 Å². The van der Waals surface area contributed by atoms with Crippen LogP contribution in [0, 0.1) is 0 Å². The number of aryl methyl sites for hydroxylation is 1. The number of carbonyl (C=O) groups is 1. The molecule has 0 saturated heterocycles. The van der Waals surface area contributed by atoms with Crippen LogP contribution in [0.15, 0.2) is 18.2 Å². The third kappa shape index (κ3) is 4.07. The molecule has 0 heterocycles. The molecular weight excluding hydrogens is 216 g/mol. The summed E-state index contributed by atoms with van der Waals surface area (Å²) >= 11 is 0. The minimum atomic E-state index is -0.0311. The van der Waals surface area contributed by atoms with E-state index in [1.165, 1.54) is 5.56 Å². The number of ether oxygens (including phenoxy) is 1. The Balaban J connectivity index is 2.70. The van der Waals surface area contributed by atoms with Crippen molar-refractivity contribution < 1.29 is 9.53 Å². The fraction of sp³-hybridized carbons (Fsp3) is 0.462. The molecule has 1 aromatic rings. The molecule has 4 nitrogen and oxygen atoms in total. The van der Waals surface area contributed by atoms with Gasteiger partial charge in [0, 0.05) is 25.1 Å². The Labute approximate surface area is 102 Å². The van der Waals surface area contributed by atoms with Gasteiger partial charge in [-0.2, -0.15) is 0 Å². The number of rotatable bonds is 6. The van der Waals surface area contributed by atoms with Gasteiger partial charge in [-0.3, -0.25) is 4.79 Å². The van der Waals surface area contributed by atoms with Gasteiger partial charge in [-0.1, -0.05) is 19.1 Å². The molecule has 0 saturated carbocycles. The molecule has 0 aliphatic heterocycles. The average molecular weight is 236 g/mol. The summed E-state index contributed by atoms with van der Waals surface area (Å²) in [6.07, 6.45) is 1.32. The topological polar surface area (TPSA) is 64.3 Å². The summed E-state index contributed by atoms with van der Waals surface area (Å²) in [7, 11) is 1.63. The predicted molar refractivity (Wildman–Crippen MR) is 67.9 cm³/mol. The van der Waals surface area contributed by atoms with Gasteiger partial charge in [0.25, 0.3) is 0 Å². The number of amides is 1. The van der Waals surface area contributed by atoms with Crippen LogP contribution >= 0.6 is 0 Å². The monoisotopic (exact) mass is 236 g/mol. The van der Waals surface area contributed by atoms with Crippen LogP contribution in [-0.4, -0.2) is 19.6 Å². The van der Waals surface area contributed by atoms with Gasteiger partial charge in [-0.15, -0.1) is 0 Å². The highest BCUT2D eigenvalue weighted by Gasteiger charge is 2.05. The summed E-state index contributed by atoms with van der Waals surface area (Å²) in [5.41, 5.74) is 7.54. The Morgan fingerprint density at radius 2 is 2.24 bits per heavy atom. The van der Waals surface area contributed by atoms with E-state index in [1.54, 1.807) is 7.11 Å². The van der Waals surface area contributed by atoms with Crippen LogP contribution in [0.5, 0.6) is 5.75 Å². The second-order valence-electron chi connectivity index (χ2n) is 3.82. The van der Waals surface area contributed by atoms with E-state index in [9.17, 15) is 4.79 Å². The maximum absolute atomic E-state index is 11.3. The molecule has 1 rings (SSSR count). The minimum absolute atomic E-state index is 0.0311. The van der Waals surface area contributed by atoms with Crippen LogP contribution in [0.2, 0.25) is 0 Å². The van der Waals surface area contributed by atoms with E-state index in [4.69, 9.17) is 10.5 Å². The molecule has 3 N–H and O–H groups in total. The normalized spacial score (nSPS) is 10.1. The lowest BCUT2D eigenvalue weighted by molar-refractivity contribution is -0.121. The summed E-state index contributed by atoms with van der Waals surface area (Å²) < 4.78 is 5.26. The van der Waals surface area contributed by atoms with Gasteiger partial charge in [0.15, 0.2) is 0 Å². The van der Waals surface area contributed by atoms with E-state index in [0.29, 0.717) is 19.5 Å². The molecule has 1 aromatic carbocycles. The summed E-state index contributed by atoms with van der Waals surface area (Å²) in [6.45, 7) is 2.95. The molecule has 1 amide bonds. The number of benzene rings is 1. The summed E-state index contributed by atoms with van der Waals surface area (Å²) in [6, 6.07) is 6.02. The molecule has 94 valence electrons. The maximum atomic E-state index is 11.3. The first-order valence-electron chi connectivity index (χ1n) is 5.83. The first kappa shape index (κ1) is 13.5. The molecule has 17 heavy (non-hydrogen) atoms. The van der Waals surface area contributed by atoms with Gasteiger partial charge < -0.3 is 15.8 Å². The Morgan fingerprint density at radius 1 is 1.47 bits per heavy atom. The van der Waals surface area contributed by atoms with Crippen LogP contribution in [0.3, 0.4) is 0 Å². The average Bonchev–Trinajstić information content (AvgIpc) is 2.36. The van der Waals surface area contributed by atoms with Crippen molar-refractivity contribution >= 4 is 5.91 Å². The van der Waals surface area contributed by atoms with Gasteiger partial charge >= 0.3 is 0 Å². The van der Waals surface area contributed by atoms with Crippen LogP contribution in [0.4, 0.5) is 0 Å². The van der Waals surface area contributed by atoms with Crippen molar-refractivity contribution in [2.24, 2.45) is 5.73 Å². The van der Waals surface area contributed by atoms with Crippen molar-refractivity contribution in [3.05, 3.63) is 29.3 Å². The SMILES string of the molecule is CCc1ccc(OC)c(CNC(=O)CCN)c1. The molecule has 0 unspecified atom stereocenters. The van der Waals surface area contributed by atoms with E-state index >= 15 is 0 Å². The van der Waals surface area contributed by atoms with Crippen molar-refractivity contribution in [2.75, 3.05) is 13.7 Å². The highest BCUT2D eigenvalue weighted by atomic mass is 16.5. The van der Waals surface area contributed by atoms with Gasteiger partial charge in [0.05, 0.1) is 7.11 Å². The lowest BCUT2D eigenvalue weighted by atomic mass is 10.1. The molecule has 0 aliphatic carbocycles. The van der Waals surface area contributed by atoms with Crippen molar-refractivity contribution in [3.8, 4) is 5.75 Å². The lowest BCUT2D eigenvalue weighted by Gasteiger charge is -2.11. The Hall–Kier alpha value is -1.55. The largest absolute Gasteiger partial charge is 0.496 e. The zero-order chi connectivity index (χ0) is 12.7. The quantitative estimate of drug-likeness (QED) is 0.780. The number of carbonyl (C=O) groups excluding carboxylic acids is 1. The molecule has 0 radical (unpaired) electrons. The van der Waals surface area contributed by atoms with Crippen molar-refractivity contribution in [1.29, 1.82) is 0 Å². The summed E-state index contributed by atoms with van der Waals surface area (Å²) in [4.78, 5) is 11.3. The molecule has 0 atom stereocenters. The fourth-order valence-corrected chi connectivity index (χ4v) is 1.60. The Morgan fingerprint density at radius 3 is 2.82 bits per heavy atom. The number of methoxy groups -OCH3 is 1. The molecule has 0 spiro atoms. The standard InChI is InChI=1S/C13H20N2O2/c1-3-10-4-5-12(17-2)11(8-10)9-15-13(16)6-7-14/h4-5,8H,3,6-7,9,14H2,1-2H3,(H,15,16). The Bertz CT molecular complexity index is 378. The van der Waals surface area contributed by atoms with E-state index in [2.05, 4.69) is 18.3 Å². The number of nitrogens with one attached hydrogen (secondary N) is 1. The van der Waals surface area contributed by atoms with Gasteiger partial charge in [0.1, 0.15) is 5.75 Å². The van der Waals surface area contributed by atoms with Gasteiger partial charge in [0.2, 0.25) is 5.91 Å². The van der Waals surface area contributed by atoms with Crippen LogP contribution in [0.1, 0.15) is 24.5 Å². The highest BCUT2D eigenvalue weighted by Crippen LogP contribution is 2.20. The predicted octanol–water partition coefficient (Wildman–Crippen LogP) is 1.22. The zero-order valence-electron chi connectivity index (χ0n) is 10.5. The number of nitrogens with two attached hydrogens (primary N) is 1. The second kappa shape index (κ2) is 6.91. The summed E-state index contributed by atoms with van der Waals surface area (Å²) in [5.74, 6) is 0.770. The highest BCUT2D eigenvalue weighted by molar-refractivity contribution is 5.76. The van der Waals surface area contributed by atoms with E-state index < -0.39 is 0 Å². The number of hydrogen-bond donors (Lipinski definition) is 2. The zero-order valence-corrected chi connectivity index (χ0v) is 10.5. The second-order valence-corrected chi connectivity index (χ2v) is 3.82. The lowest BCUT2D eigenvalue weighted by Crippen LogP contribution is -2.25. The minimum Gasteiger partial charge on any atom is -0.496 e. The molecule has 0 bridgehead atoms. The van der Waals surface area contributed by atoms with Gasteiger partial charge in [-0.05, 0) is 18.1 Å². The van der Waals surface area contributed by atoms with E-state index in [1.807, 2.05) is 12.1 Å². The first-order valence-corrected chi connectivity index (χ1v) is 5.83. The van der Waals surface area contributed by atoms with Crippen LogP contribution in [0.25, 0.3) is 0 Å². The molecule has 0 aromatic heterocycles. The molecule has 0 fully saturated rings. The fourth-order valence-electron chi connectivity index (χ4n) is 1.60. The first-order chi connectivity index (χ1) is 8.21. The summed E-state index contributed by atoms with van der Waals surface area (Å²) in [5, 5.41) is 2.83. The Kier molecular flexibility index (Phi) is 5.49. The molecule has 4 heteroatoms. The van der Waals surface area contributed by atoms with Crippen LogP contribution in [-0.2, 0) is 17.8 Å².